The molecule has 0 amide bonds. The summed E-state index contributed by atoms with van der Waals surface area (Å²) in [6.07, 6.45) is 4.54. The molecule has 0 saturated carbocycles. The fourth-order valence-corrected chi connectivity index (χ4v) is 3.11. The Morgan fingerprint density at radius 2 is 1.82 bits per heavy atom. The Hall–Kier alpha value is -1.61. The number of ether oxygens (including phenoxy) is 1. The molecule has 118 valence electrons. The van der Waals surface area contributed by atoms with E-state index in [-0.39, 0.29) is 5.41 Å². The molecule has 3 rings (SSSR count). The van der Waals surface area contributed by atoms with Crippen molar-refractivity contribution < 1.29 is 4.74 Å². The molecule has 0 bridgehead atoms. The van der Waals surface area contributed by atoms with Gasteiger partial charge < -0.3 is 9.30 Å². The summed E-state index contributed by atoms with van der Waals surface area (Å²) in [5.74, 6) is 1.88. The minimum absolute atomic E-state index is 0.0538. The third-order valence-corrected chi connectivity index (χ3v) is 4.31. The first-order valence-electron chi connectivity index (χ1n) is 8.25. The summed E-state index contributed by atoms with van der Waals surface area (Å²) < 4.78 is 7.86. The van der Waals surface area contributed by atoms with Gasteiger partial charge in [0.15, 0.2) is 0 Å². The van der Waals surface area contributed by atoms with E-state index in [1.165, 1.54) is 11.4 Å². The Bertz CT molecular complexity index is 604. The largest absolute Gasteiger partial charge is 0.381 e. The van der Waals surface area contributed by atoms with Crippen molar-refractivity contribution >= 4 is 0 Å². The molecule has 3 heteroatoms. The number of benzene rings is 1. The van der Waals surface area contributed by atoms with Crippen LogP contribution in [0.2, 0.25) is 0 Å². The van der Waals surface area contributed by atoms with Crippen molar-refractivity contribution in [3.8, 4) is 11.3 Å². The molecule has 0 atom stereocenters. The third kappa shape index (κ3) is 3.41. The van der Waals surface area contributed by atoms with Crippen LogP contribution < -0.4 is 0 Å². The molecular formula is C19H26N2O. The lowest BCUT2D eigenvalue weighted by molar-refractivity contribution is 0.0608. The van der Waals surface area contributed by atoms with Crippen LogP contribution in [-0.4, -0.2) is 22.8 Å². The Morgan fingerprint density at radius 1 is 1.14 bits per heavy atom. The van der Waals surface area contributed by atoms with Crippen LogP contribution in [0, 0.1) is 5.92 Å². The van der Waals surface area contributed by atoms with Gasteiger partial charge in [0.1, 0.15) is 5.82 Å². The fraction of sp³-hybridized carbons (Fsp3) is 0.526. The maximum Gasteiger partial charge on any atom is 0.114 e. The SMILES string of the molecule is CC(C)(C)c1nc(-c2ccccc2)cn1CC1CCOCC1. The van der Waals surface area contributed by atoms with Crippen LogP contribution in [0.4, 0.5) is 0 Å². The van der Waals surface area contributed by atoms with E-state index in [0.29, 0.717) is 5.92 Å². The lowest BCUT2D eigenvalue weighted by Gasteiger charge is -2.25. The zero-order valence-electron chi connectivity index (χ0n) is 13.9. The molecule has 1 aliphatic heterocycles. The zero-order valence-corrected chi connectivity index (χ0v) is 13.9. The highest BCUT2D eigenvalue weighted by molar-refractivity contribution is 5.58. The maximum absolute atomic E-state index is 5.48. The van der Waals surface area contributed by atoms with Crippen LogP contribution in [0.3, 0.4) is 0 Å². The fourth-order valence-electron chi connectivity index (χ4n) is 3.11. The summed E-state index contributed by atoms with van der Waals surface area (Å²) in [7, 11) is 0. The highest BCUT2D eigenvalue weighted by Crippen LogP contribution is 2.28. The van der Waals surface area contributed by atoms with Crippen LogP contribution in [0.5, 0.6) is 0 Å². The van der Waals surface area contributed by atoms with Crippen molar-refractivity contribution in [2.75, 3.05) is 13.2 Å². The summed E-state index contributed by atoms with van der Waals surface area (Å²) in [6, 6.07) is 10.5. The molecule has 2 aromatic rings. The van der Waals surface area contributed by atoms with E-state index in [2.05, 4.69) is 55.8 Å². The zero-order chi connectivity index (χ0) is 15.6. The van der Waals surface area contributed by atoms with E-state index in [9.17, 15) is 0 Å². The van der Waals surface area contributed by atoms with Gasteiger partial charge in [-0.1, -0.05) is 51.1 Å². The maximum atomic E-state index is 5.48. The molecule has 0 radical (unpaired) electrons. The second-order valence-corrected chi connectivity index (χ2v) is 7.27. The van der Waals surface area contributed by atoms with Crippen LogP contribution in [0.15, 0.2) is 36.5 Å². The number of hydrogen-bond acceptors (Lipinski definition) is 2. The van der Waals surface area contributed by atoms with Crippen molar-refractivity contribution in [1.29, 1.82) is 0 Å². The second kappa shape index (κ2) is 6.25. The van der Waals surface area contributed by atoms with Gasteiger partial charge in [-0.15, -0.1) is 0 Å². The minimum Gasteiger partial charge on any atom is -0.381 e. The molecule has 0 N–H and O–H groups in total. The molecule has 1 aromatic heterocycles. The van der Waals surface area contributed by atoms with Crippen molar-refractivity contribution in [3.05, 3.63) is 42.4 Å². The molecule has 22 heavy (non-hydrogen) atoms. The topological polar surface area (TPSA) is 27.1 Å². The highest BCUT2D eigenvalue weighted by Gasteiger charge is 2.24. The van der Waals surface area contributed by atoms with Gasteiger partial charge in [-0.05, 0) is 18.8 Å². The smallest absolute Gasteiger partial charge is 0.114 e. The standard InChI is InChI=1S/C19H26N2O/c1-19(2,3)18-20-17(16-7-5-4-6-8-16)14-21(18)13-15-9-11-22-12-10-15/h4-8,14-15H,9-13H2,1-3H3. The van der Waals surface area contributed by atoms with Gasteiger partial charge in [-0.25, -0.2) is 4.98 Å². The van der Waals surface area contributed by atoms with Crippen LogP contribution >= 0.6 is 0 Å². The van der Waals surface area contributed by atoms with Crippen LogP contribution in [-0.2, 0) is 16.7 Å². The van der Waals surface area contributed by atoms with E-state index in [4.69, 9.17) is 9.72 Å². The van der Waals surface area contributed by atoms with Crippen LogP contribution in [0.1, 0.15) is 39.4 Å². The molecule has 1 saturated heterocycles. The molecule has 3 nitrogen and oxygen atoms in total. The van der Waals surface area contributed by atoms with E-state index in [0.717, 1.165) is 38.3 Å². The third-order valence-electron chi connectivity index (χ3n) is 4.31. The normalized spacial score (nSPS) is 16.9. The average Bonchev–Trinajstić information content (AvgIpc) is 2.93. The van der Waals surface area contributed by atoms with Gasteiger partial charge in [0.2, 0.25) is 0 Å². The Balaban J connectivity index is 1.91. The van der Waals surface area contributed by atoms with Gasteiger partial charge in [0.25, 0.3) is 0 Å². The van der Waals surface area contributed by atoms with Gasteiger partial charge in [0, 0.05) is 36.9 Å². The quantitative estimate of drug-likeness (QED) is 0.846. The molecule has 0 aliphatic carbocycles. The van der Waals surface area contributed by atoms with E-state index >= 15 is 0 Å². The molecule has 2 heterocycles. The molecule has 0 spiro atoms. The lowest BCUT2D eigenvalue weighted by atomic mass is 9.94. The molecule has 1 aromatic carbocycles. The average molecular weight is 298 g/mol. The van der Waals surface area contributed by atoms with Gasteiger partial charge in [0.05, 0.1) is 5.69 Å². The Labute approximate surface area is 133 Å². The Kier molecular flexibility index (Phi) is 4.34. The monoisotopic (exact) mass is 298 g/mol. The van der Waals surface area contributed by atoms with Gasteiger partial charge in [-0.3, -0.25) is 0 Å². The number of aromatic nitrogens is 2. The molecular weight excluding hydrogens is 272 g/mol. The van der Waals surface area contributed by atoms with Crippen molar-refractivity contribution in [1.82, 2.24) is 9.55 Å². The Morgan fingerprint density at radius 3 is 2.45 bits per heavy atom. The summed E-state index contributed by atoms with van der Waals surface area (Å²) in [5, 5.41) is 0. The minimum atomic E-state index is 0.0538. The number of rotatable bonds is 3. The predicted octanol–water partition coefficient (Wildman–Crippen LogP) is 4.27. The molecule has 1 aliphatic rings. The second-order valence-electron chi connectivity index (χ2n) is 7.27. The number of hydrogen-bond donors (Lipinski definition) is 0. The summed E-state index contributed by atoms with van der Waals surface area (Å²) in [6.45, 7) is 9.57. The number of nitrogens with zero attached hydrogens (tertiary/aromatic N) is 2. The van der Waals surface area contributed by atoms with Crippen LogP contribution in [0.25, 0.3) is 11.3 Å². The molecule has 1 fully saturated rings. The van der Waals surface area contributed by atoms with Crippen molar-refractivity contribution in [2.24, 2.45) is 5.92 Å². The first kappa shape index (κ1) is 15.3. The summed E-state index contributed by atoms with van der Waals surface area (Å²) >= 11 is 0. The van der Waals surface area contributed by atoms with Gasteiger partial charge in [-0.2, -0.15) is 0 Å². The van der Waals surface area contributed by atoms with Crippen molar-refractivity contribution in [2.45, 2.75) is 45.6 Å². The highest BCUT2D eigenvalue weighted by atomic mass is 16.5. The lowest BCUT2D eigenvalue weighted by Crippen LogP contribution is -2.24. The van der Waals surface area contributed by atoms with E-state index in [1.807, 2.05) is 6.07 Å². The summed E-state index contributed by atoms with van der Waals surface area (Å²) in [5.41, 5.74) is 2.33. The van der Waals surface area contributed by atoms with Gasteiger partial charge >= 0.3 is 0 Å². The first-order valence-corrected chi connectivity index (χ1v) is 8.25. The predicted molar refractivity (Wildman–Crippen MR) is 89.9 cm³/mol. The number of imidazole rings is 1. The summed E-state index contributed by atoms with van der Waals surface area (Å²) in [4.78, 5) is 4.95. The molecule has 0 unspecified atom stereocenters. The van der Waals surface area contributed by atoms with E-state index in [1.54, 1.807) is 0 Å². The first-order chi connectivity index (χ1) is 10.5. The van der Waals surface area contributed by atoms with Crippen molar-refractivity contribution in [3.63, 3.8) is 0 Å². The van der Waals surface area contributed by atoms with E-state index < -0.39 is 0 Å².